The molecule has 0 unspecified atom stereocenters. The van der Waals surface area contributed by atoms with Gasteiger partial charge in [-0.15, -0.1) is 0 Å². The molecule has 86 valence electrons. The Labute approximate surface area is 125 Å². The minimum Gasteiger partial charge on any atom is -0.545 e. The minimum atomic E-state index is -1.45. The summed E-state index contributed by atoms with van der Waals surface area (Å²) in [5, 5.41) is 20.0. The average Bonchev–Trinajstić information content (AvgIpc) is 2.30. The predicted octanol–water partition coefficient (Wildman–Crippen LogP) is -1.43. The van der Waals surface area contributed by atoms with Crippen molar-refractivity contribution in [3.05, 3.63) is 53.8 Å². The van der Waals surface area contributed by atoms with E-state index in [1.54, 1.807) is 6.07 Å². The largest absolute Gasteiger partial charge is 1.00 e. The number of rotatable bonds is 2. The van der Waals surface area contributed by atoms with E-state index in [9.17, 15) is 19.4 Å². The van der Waals surface area contributed by atoms with Crippen molar-refractivity contribution < 1.29 is 49.0 Å². The van der Waals surface area contributed by atoms with Crippen molar-refractivity contribution in [1.29, 1.82) is 0 Å². The molecular formula is C13H8FNaO3. The number of hydrogen-bond donors (Lipinski definition) is 1. The number of benzene rings is 2. The Bertz CT molecular complexity index is 567. The molecule has 0 aliphatic heterocycles. The second kappa shape index (κ2) is 6.00. The van der Waals surface area contributed by atoms with Crippen LogP contribution in [0.5, 0.6) is 5.75 Å². The van der Waals surface area contributed by atoms with Crippen molar-refractivity contribution in [2.75, 3.05) is 0 Å². The van der Waals surface area contributed by atoms with Gasteiger partial charge in [0.05, 0.1) is 5.97 Å². The summed E-state index contributed by atoms with van der Waals surface area (Å²) in [7, 11) is 0. The number of carboxylic acids is 1. The number of hydrogen-bond acceptors (Lipinski definition) is 3. The molecular weight excluding hydrogens is 246 g/mol. The van der Waals surface area contributed by atoms with Gasteiger partial charge in [0, 0.05) is 5.56 Å². The number of halogens is 1. The Morgan fingerprint density at radius 1 is 1.06 bits per heavy atom. The zero-order chi connectivity index (χ0) is 12.4. The third-order valence-corrected chi connectivity index (χ3v) is 2.39. The molecule has 5 heteroatoms. The first-order chi connectivity index (χ1) is 8.08. The van der Waals surface area contributed by atoms with Gasteiger partial charge in [-0.1, -0.05) is 18.2 Å². The van der Waals surface area contributed by atoms with Crippen LogP contribution in [0.15, 0.2) is 42.5 Å². The van der Waals surface area contributed by atoms with Crippen LogP contribution in [0.3, 0.4) is 0 Å². The topological polar surface area (TPSA) is 60.4 Å². The first-order valence-corrected chi connectivity index (χ1v) is 4.88. The van der Waals surface area contributed by atoms with Crippen molar-refractivity contribution in [2.45, 2.75) is 0 Å². The molecule has 0 fully saturated rings. The summed E-state index contributed by atoms with van der Waals surface area (Å²) in [4.78, 5) is 10.7. The third-order valence-electron chi connectivity index (χ3n) is 2.39. The molecule has 3 nitrogen and oxygen atoms in total. The summed E-state index contributed by atoms with van der Waals surface area (Å²) < 4.78 is 12.7. The fraction of sp³-hybridized carbons (Fsp3) is 0. The molecule has 18 heavy (non-hydrogen) atoms. The van der Waals surface area contributed by atoms with Crippen LogP contribution < -0.4 is 34.7 Å². The van der Waals surface area contributed by atoms with Gasteiger partial charge in [0.15, 0.2) is 0 Å². The summed E-state index contributed by atoms with van der Waals surface area (Å²) in [6.07, 6.45) is 0. The fourth-order valence-corrected chi connectivity index (χ4v) is 1.52. The molecule has 0 radical (unpaired) electrons. The van der Waals surface area contributed by atoms with E-state index in [4.69, 9.17) is 0 Å². The maximum absolute atomic E-state index is 12.7. The van der Waals surface area contributed by atoms with Crippen LogP contribution >= 0.6 is 0 Å². The van der Waals surface area contributed by atoms with Gasteiger partial charge in [0.2, 0.25) is 0 Å². The van der Waals surface area contributed by atoms with Gasteiger partial charge in [-0.05, 0) is 35.4 Å². The fourth-order valence-electron chi connectivity index (χ4n) is 1.52. The molecule has 0 aliphatic rings. The number of carbonyl (C=O) groups is 1. The van der Waals surface area contributed by atoms with Gasteiger partial charge in [0.25, 0.3) is 0 Å². The molecule has 2 aromatic carbocycles. The van der Waals surface area contributed by atoms with Crippen LogP contribution in [0.25, 0.3) is 11.1 Å². The van der Waals surface area contributed by atoms with Crippen molar-refractivity contribution in [3.63, 3.8) is 0 Å². The Hall–Kier alpha value is -1.36. The van der Waals surface area contributed by atoms with E-state index in [2.05, 4.69) is 0 Å². The maximum Gasteiger partial charge on any atom is 1.00 e. The van der Waals surface area contributed by atoms with Gasteiger partial charge in [-0.2, -0.15) is 0 Å². The average molecular weight is 254 g/mol. The van der Waals surface area contributed by atoms with Gasteiger partial charge < -0.3 is 15.0 Å². The van der Waals surface area contributed by atoms with Crippen molar-refractivity contribution in [2.24, 2.45) is 0 Å². The van der Waals surface area contributed by atoms with Gasteiger partial charge >= 0.3 is 29.6 Å². The summed E-state index contributed by atoms with van der Waals surface area (Å²) in [5.74, 6) is -2.17. The standard InChI is InChI=1S/C13H9FO3.Na/c14-10-4-1-8(2-5-10)9-3-6-12(15)11(7-9)13(16)17;/h1-7,15H,(H,16,17);/q;+1/p-1. The summed E-state index contributed by atoms with van der Waals surface area (Å²) in [6, 6.07) is 9.72. The Morgan fingerprint density at radius 2 is 1.61 bits per heavy atom. The number of carbonyl (C=O) groups excluding carboxylic acids is 1. The molecule has 0 spiro atoms. The van der Waals surface area contributed by atoms with Crippen LogP contribution in [-0.4, -0.2) is 11.1 Å². The van der Waals surface area contributed by atoms with Crippen LogP contribution in [0.4, 0.5) is 4.39 Å². The van der Waals surface area contributed by atoms with Crippen LogP contribution in [-0.2, 0) is 0 Å². The zero-order valence-corrected chi connectivity index (χ0v) is 11.7. The molecule has 0 saturated heterocycles. The van der Waals surface area contributed by atoms with Crippen molar-refractivity contribution >= 4 is 5.97 Å². The van der Waals surface area contributed by atoms with Crippen LogP contribution in [0.2, 0.25) is 0 Å². The van der Waals surface area contributed by atoms with Crippen molar-refractivity contribution in [1.82, 2.24) is 0 Å². The summed E-state index contributed by atoms with van der Waals surface area (Å²) in [6.45, 7) is 0. The first kappa shape index (κ1) is 14.7. The van der Waals surface area contributed by atoms with Crippen molar-refractivity contribution in [3.8, 4) is 16.9 Å². The normalized spacial score (nSPS) is 9.61. The molecule has 2 rings (SSSR count). The van der Waals surface area contributed by atoms with E-state index in [0.29, 0.717) is 11.1 Å². The first-order valence-electron chi connectivity index (χ1n) is 4.88. The molecule has 0 aromatic heterocycles. The molecule has 0 bridgehead atoms. The maximum atomic E-state index is 12.7. The summed E-state index contributed by atoms with van der Waals surface area (Å²) >= 11 is 0. The Morgan fingerprint density at radius 3 is 2.17 bits per heavy atom. The third kappa shape index (κ3) is 3.10. The number of carboxylic acid groups (broad SMARTS) is 1. The summed E-state index contributed by atoms with van der Waals surface area (Å²) in [5.41, 5.74) is 0.947. The van der Waals surface area contributed by atoms with E-state index in [1.807, 2.05) is 0 Å². The molecule has 0 atom stereocenters. The van der Waals surface area contributed by atoms with Gasteiger partial charge in [-0.25, -0.2) is 4.39 Å². The van der Waals surface area contributed by atoms with Gasteiger partial charge in [-0.3, -0.25) is 0 Å². The van der Waals surface area contributed by atoms with Crippen LogP contribution in [0, 0.1) is 5.82 Å². The monoisotopic (exact) mass is 254 g/mol. The van der Waals surface area contributed by atoms with E-state index in [-0.39, 0.29) is 46.7 Å². The number of aromatic carboxylic acids is 1. The van der Waals surface area contributed by atoms with E-state index in [0.717, 1.165) is 0 Å². The molecule has 1 N–H and O–H groups in total. The van der Waals surface area contributed by atoms with E-state index >= 15 is 0 Å². The molecule has 2 aromatic rings. The molecule has 0 aliphatic carbocycles. The van der Waals surface area contributed by atoms with Crippen LogP contribution in [0.1, 0.15) is 10.4 Å². The van der Waals surface area contributed by atoms with E-state index in [1.165, 1.54) is 36.4 Å². The number of phenols is 1. The Balaban J connectivity index is 0.00000162. The van der Waals surface area contributed by atoms with Gasteiger partial charge in [0.1, 0.15) is 11.6 Å². The zero-order valence-electron chi connectivity index (χ0n) is 9.68. The predicted molar refractivity (Wildman–Crippen MR) is 57.8 cm³/mol. The quantitative estimate of drug-likeness (QED) is 0.668. The minimum absolute atomic E-state index is 0. The van der Waals surface area contributed by atoms with E-state index < -0.39 is 5.97 Å². The number of aromatic hydroxyl groups is 1. The molecule has 0 saturated carbocycles. The molecule has 0 amide bonds. The second-order valence-electron chi connectivity index (χ2n) is 3.53. The smallest absolute Gasteiger partial charge is 0.545 e. The Kier molecular flexibility index (Phi) is 4.90. The second-order valence-corrected chi connectivity index (χ2v) is 3.53. The molecule has 0 heterocycles. The SMILES string of the molecule is O=C([O-])c1cc(-c2ccc(F)cc2)ccc1O.[Na+].